The molecule has 3 heterocycles. The van der Waals surface area contributed by atoms with E-state index in [4.69, 9.17) is 22.6 Å². The van der Waals surface area contributed by atoms with Gasteiger partial charge in [-0.3, -0.25) is 77.8 Å². The molecule has 15 amide bonds. The summed E-state index contributed by atoms with van der Waals surface area (Å²) in [6.07, 6.45) is 4.41. The van der Waals surface area contributed by atoms with Gasteiger partial charge in [0, 0.05) is 65.8 Å². The average Bonchev–Trinajstić information content (AvgIpc) is 1.60. The molecule has 0 radical (unpaired) electrons. The monoisotopic (exact) mass is 1710 g/mol. The van der Waals surface area contributed by atoms with Crippen molar-refractivity contribution in [3.63, 3.8) is 0 Å². The lowest BCUT2D eigenvalue weighted by Gasteiger charge is -2.29. The Morgan fingerprint density at radius 2 is 0.934 bits per heavy atom. The van der Waals surface area contributed by atoms with Gasteiger partial charge in [0.25, 0.3) is 11.1 Å². The summed E-state index contributed by atoms with van der Waals surface area (Å²) in [6, 6.07) is 6.16. The molecular weight excluding hydrogens is 1590 g/mol. The van der Waals surface area contributed by atoms with Gasteiger partial charge in [0.1, 0.15) is 72.5 Å². The molecule has 7 rings (SSSR count). The third-order valence-electron chi connectivity index (χ3n) is 21.1. The SMILES string of the molecule is CCCCC[C@@H]1NC(=O)NC(=O)[C@H](CO)NC(=O)[C@H]([C@@H](C)CC)NC(=O)[C@H](Cc2ccc3ccccc3c2)NC(=O)[C@H](CCCCN)NC(=O)SC[C@@H](C(N)=O)NC(=O)[C@H](C(C)C)NC(=O)[C@H](Cc2c[nH]c3ccccc23)NC(=O)[C@H](CCCCNC(=N)N)NC(=O)[C@H](CCCC)NC(=O)[C@H](Cc2c[nH]c3ccccc23)NC(=O)[C@H](CC(=O)O)NC1=O. The number of carbonyl (C=O) groups excluding carboxylic acids is 14. The molecule has 4 aromatic carbocycles. The van der Waals surface area contributed by atoms with E-state index in [1.807, 2.05) is 37.4 Å². The lowest BCUT2D eigenvalue weighted by molar-refractivity contribution is -0.141. The highest BCUT2D eigenvalue weighted by Crippen LogP contribution is 2.24. The third-order valence-corrected chi connectivity index (χ3v) is 22.0. The first kappa shape index (κ1) is 96.9. The molecule has 122 heavy (non-hydrogen) atoms. The molecule has 25 N–H and O–H groups in total. The number of H-pyrrole nitrogens is 2. The summed E-state index contributed by atoms with van der Waals surface area (Å²) >= 11 is 0.467. The topological polar surface area (TPSA) is 598 Å². The van der Waals surface area contributed by atoms with Crippen molar-refractivity contribution in [2.45, 2.75) is 230 Å². The van der Waals surface area contributed by atoms with Crippen molar-refractivity contribution in [1.29, 1.82) is 5.41 Å². The minimum atomic E-state index is -1.99. The zero-order valence-electron chi connectivity index (χ0n) is 69.6. The molecule has 1 aliphatic heterocycles. The summed E-state index contributed by atoms with van der Waals surface area (Å²) < 4.78 is 0. The van der Waals surface area contributed by atoms with Crippen LogP contribution in [0.2, 0.25) is 0 Å². The number of aliphatic hydroxyl groups excluding tert-OH is 1. The van der Waals surface area contributed by atoms with Gasteiger partial charge in [0.15, 0.2) is 5.96 Å². The van der Waals surface area contributed by atoms with Crippen LogP contribution in [0.1, 0.15) is 155 Å². The van der Waals surface area contributed by atoms with Gasteiger partial charge in [-0.05, 0) is 109 Å². The molecule has 0 spiro atoms. The first-order valence-corrected chi connectivity index (χ1v) is 42.4. The van der Waals surface area contributed by atoms with Crippen LogP contribution in [-0.4, -0.2) is 212 Å². The van der Waals surface area contributed by atoms with Gasteiger partial charge < -0.3 is 107 Å². The molecule has 1 saturated heterocycles. The number of aliphatic hydroxyl groups is 1. The van der Waals surface area contributed by atoms with Crippen molar-refractivity contribution in [2.75, 3.05) is 25.4 Å². The second-order valence-corrected chi connectivity index (χ2v) is 31.8. The Hall–Kier alpha value is -12.2. The number of carboxylic acid groups (broad SMARTS) is 1. The molecular formula is C84H118N20O17S. The number of rotatable bonds is 29. The number of nitrogens with two attached hydrogens (primary N) is 3. The summed E-state index contributed by atoms with van der Waals surface area (Å²) in [4.78, 5) is 224. The first-order valence-electron chi connectivity index (χ1n) is 41.4. The molecule has 0 bridgehead atoms. The smallest absolute Gasteiger partial charge is 0.322 e. The second kappa shape index (κ2) is 48.9. The van der Waals surface area contributed by atoms with Crippen LogP contribution in [-0.2, 0) is 81.6 Å². The van der Waals surface area contributed by atoms with E-state index in [9.17, 15) is 63.0 Å². The van der Waals surface area contributed by atoms with Crippen molar-refractivity contribution in [3.05, 3.63) is 120 Å². The van der Waals surface area contributed by atoms with E-state index in [1.165, 1.54) is 0 Å². The number of guanidine groups is 1. The molecule has 38 heteroatoms. The van der Waals surface area contributed by atoms with Crippen LogP contribution >= 0.6 is 11.8 Å². The van der Waals surface area contributed by atoms with E-state index in [0.29, 0.717) is 82.4 Å². The number of nitrogens with one attached hydrogen (secondary N) is 17. The number of urea groups is 1. The van der Waals surface area contributed by atoms with Gasteiger partial charge in [-0.25, -0.2) is 4.79 Å². The number of primary amides is 1. The van der Waals surface area contributed by atoms with E-state index < -0.39 is 191 Å². The predicted octanol–water partition coefficient (Wildman–Crippen LogP) is 1.90. The van der Waals surface area contributed by atoms with E-state index in [-0.39, 0.29) is 96.1 Å². The summed E-state index contributed by atoms with van der Waals surface area (Å²) in [5.74, 6) is -16.2. The van der Waals surface area contributed by atoms with Crippen LogP contribution in [0.4, 0.5) is 9.59 Å². The van der Waals surface area contributed by atoms with E-state index in [0.717, 1.165) is 10.8 Å². The van der Waals surface area contributed by atoms with Crippen molar-refractivity contribution >= 4 is 138 Å². The number of aliphatic carboxylic acids is 1. The van der Waals surface area contributed by atoms with Gasteiger partial charge >= 0.3 is 12.0 Å². The number of carbonyl (C=O) groups is 15. The number of fused-ring (bicyclic) bond motifs is 3. The lowest BCUT2D eigenvalue weighted by atomic mass is 9.96. The van der Waals surface area contributed by atoms with Crippen LogP contribution in [0.3, 0.4) is 0 Å². The Balaban J connectivity index is 1.30. The quantitative estimate of drug-likeness (QED) is 0.0181. The van der Waals surface area contributed by atoms with Crippen LogP contribution in [0.15, 0.2) is 103 Å². The summed E-state index contributed by atoms with van der Waals surface area (Å²) in [5, 5.41) is 66.9. The molecule has 2 aromatic heterocycles. The zero-order valence-corrected chi connectivity index (χ0v) is 70.4. The van der Waals surface area contributed by atoms with Gasteiger partial charge in [0.2, 0.25) is 65.0 Å². The average molecular weight is 1710 g/mol. The molecule has 6 aromatic rings. The fourth-order valence-electron chi connectivity index (χ4n) is 14.0. The highest BCUT2D eigenvalue weighted by molar-refractivity contribution is 8.13. The Bertz CT molecular complexity index is 4650. The minimum Gasteiger partial charge on any atom is -0.481 e. The lowest BCUT2D eigenvalue weighted by Crippen LogP contribution is -2.62. The van der Waals surface area contributed by atoms with Gasteiger partial charge in [-0.2, -0.15) is 0 Å². The molecule has 0 saturated carbocycles. The highest BCUT2D eigenvalue weighted by Gasteiger charge is 2.40. The second-order valence-electron chi connectivity index (χ2n) is 30.9. The van der Waals surface area contributed by atoms with Crippen molar-refractivity contribution in [2.24, 2.45) is 29.0 Å². The summed E-state index contributed by atoms with van der Waals surface area (Å²) in [7, 11) is 0. The molecule has 0 unspecified atom stereocenters. The standard InChI is InChI=1S/C84H118N20O17S/c1-7-10-12-30-59-73(111)97-64(41-67(106)107)76(114)96-62(39-51-42-90-55-28-17-15-25-53(51)55)75(113)93-57(27-11-8-2)71(109)92-58(32-20-22-36-89-82(87)88)72(110)95-63(40-52-43-91-56-29-18-16-26-54(52)56)78(116)102-68(46(4)5)80(118)99-66(70(86)108)45-122-84(121)101-60(31-19-21-35-85)74(112)94-61(38-48-33-34-49-23-13-14-24-50(49)37-48)77(115)103-69(47(6)9-3)81(119)98-65(44-105)79(117)104-83(120)100-59/h13-18,23-26,28-29,33-34,37,42-43,46-47,57-66,68-69,90-91,105H,7-12,19-22,27,30-32,35-36,38-41,44-45,85H2,1-6H3,(H2,86,108)(H,92,109)(H,93,113)(H,94,112)(H,95,110)(H,96,114)(H,97,111)(H,98,119)(H,99,118)(H,101,121)(H,102,116)(H,103,115)(H,106,107)(H4,87,88,89)(H2,100,104,117,120)/t47-,57-,58-,59-,60-,61-,62-,63-,64-,65-,66-,68-,69-/m0/s1. The van der Waals surface area contributed by atoms with Gasteiger partial charge in [-0.1, -0.05) is 171 Å². The Labute approximate surface area is 711 Å². The first-order chi connectivity index (χ1) is 58.3. The molecule has 1 fully saturated rings. The van der Waals surface area contributed by atoms with Gasteiger partial charge in [-0.15, -0.1) is 0 Å². The maximum atomic E-state index is 15.3. The van der Waals surface area contributed by atoms with E-state index in [1.54, 1.807) is 113 Å². The third kappa shape index (κ3) is 29.9. The van der Waals surface area contributed by atoms with Crippen LogP contribution in [0.25, 0.3) is 32.6 Å². The fourth-order valence-corrected chi connectivity index (χ4v) is 14.7. The summed E-state index contributed by atoms with van der Waals surface area (Å²) in [5.41, 5.74) is 20.2. The Kier molecular flexibility index (Phi) is 38.9. The number of para-hydroxylation sites is 2. The number of carboxylic acids is 1. The number of aromatic nitrogens is 2. The molecule has 662 valence electrons. The maximum Gasteiger partial charge on any atom is 0.322 e. The number of thioether (sulfide) groups is 1. The Morgan fingerprint density at radius 1 is 0.484 bits per heavy atom. The normalized spacial score (nSPS) is 22.9. The van der Waals surface area contributed by atoms with Gasteiger partial charge in [0.05, 0.1) is 13.0 Å². The number of benzene rings is 4. The number of hydrogen-bond acceptors (Lipinski definition) is 19. The minimum absolute atomic E-state index is 0.0464. The molecule has 1 aliphatic rings. The molecule has 13 atom stereocenters. The number of hydrogen-bond donors (Lipinski definition) is 22. The summed E-state index contributed by atoms with van der Waals surface area (Å²) in [6.45, 7) is 9.36. The van der Waals surface area contributed by atoms with E-state index >= 15 is 19.2 Å². The van der Waals surface area contributed by atoms with Crippen LogP contribution in [0.5, 0.6) is 0 Å². The zero-order chi connectivity index (χ0) is 89.1. The fraction of sp³-hybridized carbons (Fsp3) is 0.500. The number of amides is 15. The Morgan fingerprint density at radius 3 is 1.46 bits per heavy atom. The van der Waals surface area contributed by atoms with Crippen molar-refractivity contribution < 1.29 is 82.1 Å². The van der Waals surface area contributed by atoms with Crippen LogP contribution < -0.4 is 91.6 Å². The number of aromatic amines is 2. The van der Waals surface area contributed by atoms with Crippen LogP contribution in [0, 0.1) is 17.2 Å². The maximum absolute atomic E-state index is 15.3. The molecule has 37 nitrogen and oxygen atoms in total. The molecule has 0 aliphatic carbocycles. The largest absolute Gasteiger partial charge is 0.481 e. The van der Waals surface area contributed by atoms with Crippen molar-refractivity contribution in [3.8, 4) is 0 Å². The van der Waals surface area contributed by atoms with E-state index in [2.05, 4.69) is 79.1 Å². The predicted molar refractivity (Wildman–Crippen MR) is 459 cm³/mol. The highest BCUT2D eigenvalue weighted by atomic mass is 32.2. The number of imide groups is 1. The van der Waals surface area contributed by atoms with Crippen molar-refractivity contribution in [1.82, 2.24) is 84.4 Å². The number of unbranched alkanes of at least 4 members (excludes halogenated alkanes) is 5.